The Morgan fingerprint density at radius 1 is 0.571 bits per heavy atom. The fourth-order valence-electron chi connectivity index (χ4n) is 5.63. The SMILES string of the molecule is CC1(C)c2ccccc2-c2cc3c(cc21)c1cccc2c4ccccc4c3n21. The molecular formula is C27H19N. The summed E-state index contributed by atoms with van der Waals surface area (Å²) in [6, 6.07) is 29.3. The maximum Gasteiger partial charge on any atom is 0.0620 e. The lowest BCUT2D eigenvalue weighted by Gasteiger charge is -2.21. The van der Waals surface area contributed by atoms with E-state index in [1.165, 1.54) is 60.3 Å². The standard InChI is InChI=1S/C27H19N/c1-27(2)22-11-6-5-8-16(22)19-14-21-20(15-23(19)27)25-13-7-12-24-17-9-3-4-10-18(17)26(21)28(24)25/h3-15H,1-2H3. The minimum Gasteiger partial charge on any atom is -0.308 e. The topological polar surface area (TPSA) is 4.41 Å². The van der Waals surface area contributed by atoms with Crippen molar-refractivity contribution in [3.05, 3.63) is 90.0 Å². The third kappa shape index (κ3) is 1.49. The van der Waals surface area contributed by atoms with E-state index in [2.05, 4.69) is 97.1 Å². The number of benzene rings is 3. The average molecular weight is 357 g/mol. The summed E-state index contributed by atoms with van der Waals surface area (Å²) < 4.78 is 2.46. The van der Waals surface area contributed by atoms with Crippen molar-refractivity contribution in [3.63, 3.8) is 0 Å². The highest BCUT2D eigenvalue weighted by Crippen LogP contribution is 2.51. The van der Waals surface area contributed by atoms with Crippen molar-refractivity contribution in [1.29, 1.82) is 0 Å². The van der Waals surface area contributed by atoms with Crippen LogP contribution in [0, 0.1) is 0 Å². The largest absolute Gasteiger partial charge is 0.308 e. The molecule has 1 heteroatoms. The molecule has 0 aliphatic heterocycles. The molecule has 0 bridgehead atoms. The van der Waals surface area contributed by atoms with Crippen molar-refractivity contribution in [2.45, 2.75) is 19.3 Å². The Hall–Kier alpha value is -3.32. The molecule has 1 aliphatic rings. The molecule has 0 saturated heterocycles. The van der Waals surface area contributed by atoms with Gasteiger partial charge in [0.25, 0.3) is 0 Å². The van der Waals surface area contributed by atoms with Crippen LogP contribution in [0.25, 0.3) is 49.2 Å². The van der Waals surface area contributed by atoms with E-state index in [0.717, 1.165) is 0 Å². The maximum atomic E-state index is 2.46. The lowest BCUT2D eigenvalue weighted by molar-refractivity contribution is 0.661. The summed E-state index contributed by atoms with van der Waals surface area (Å²) >= 11 is 0. The van der Waals surface area contributed by atoms with Gasteiger partial charge in [0.15, 0.2) is 0 Å². The van der Waals surface area contributed by atoms with E-state index in [4.69, 9.17) is 0 Å². The van der Waals surface area contributed by atoms with Gasteiger partial charge in [-0.2, -0.15) is 0 Å². The molecule has 3 heterocycles. The molecule has 0 N–H and O–H groups in total. The highest BCUT2D eigenvalue weighted by molar-refractivity contribution is 6.23. The van der Waals surface area contributed by atoms with Crippen LogP contribution in [0.15, 0.2) is 78.9 Å². The molecule has 0 fully saturated rings. The average Bonchev–Trinajstić information content (AvgIpc) is 3.31. The smallest absolute Gasteiger partial charge is 0.0620 e. The number of pyridine rings is 1. The third-order valence-corrected chi connectivity index (χ3v) is 6.92. The summed E-state index contributed by atoms with van der Waals surface area (Å²) in [6.45, 7) is 4.71. The molecule has 0 unspecified atom stereocenters. The van der Waals surface area contributed by atoms with Gasteiger partial charge < -0.3 is 4.40 Å². The summed E-state index contributed by atoms with van der Waals surface area (Å²) in [6.07, 6.45) is 0. The Morgan fingerprint density at radius 3 is 2.14 bits per heavy atom. The minimum absolute atomic E-state index is 0.0359. The monoisotopic (exact) mass is 357 g/mol. The molecule has 1 nitrogen and oxygen atoms in total. The molecular weight excluding hydrogens is 338 g/mol. The highest BCUT2D eigenvalue weighted by Gasteiger charge is 2.36. The number of nitrogens with zero attached hydrogens (tertiary/aromatic N) is 1. The summed E-state index contributed by atoms with van der Waals surface area (Å²) in [5.74, 6) is 0. The van der Waals surface area contributed by atoms with Crippen LogP contribution in [0.4, 0.5) is 0 Å². The molecule has 132 valence electrons. The van der Waals surface area contributed by atoms with E-state index < -0.39 is 0 Å². The van der Waals surface area contributed by atoms with Crippen LogP contribution in [-0.4, -0.2) is 4.40 Å². The zero-order valence-electron chi connectivity index (χ0n) is 16.0. The first-order chi connectivity index (χ1) is 13.7. The Bertz CT molecular complexity index is 1580. The van der Waals surface area contributed by atoms with Crippen LogP contribution in [0.3, 0.4) is 0 Å². The van der Waals surface area contributed by atoms with Gasteiger partial charge in [-0.1, -0.05) is 68.4 Å². The quantitative estimate of drug-likeness (QED) is 0.272. The van der Waals surface area contributed by atoms with E-state index in [0.29, 0.717) is 0 Å². The first-order valence-corrected chi connectivity index (χ1v) is 9.97. The van der Waals surface area contributed by atoms with Crippen molar-refractivity contribution < 1.29 is 0 Å². The zero-order chi connectivity index (χ0) is 18.6. The molecule has 7 rings (SSSR count). The third-order valence-electron chi connectivity index (χ3n) is 6.92. The highest BCUT2D eigenvalue weighted by atomic mass is 14.9. The number of aromatic nitrogens is 1. The van der Waals surface area contributed by atoms with Crippen LogP contribution in [0.2, 0.25) is 0 Å². The molecule has 3 aromatic heterocycles. The van der Waals surface area contributed by atoms with E-state index in [9.17, 15) is 0 Å². The van der Waals surface area contributed by atoms with E-state index >= 15 is 0 Å². The van der Waals surface area contributed by atoms with Crippen LogP contribution in [0.1, 0.15) is 25.0 Å². The van der Waals surface area contributed by atoms with Crippen LogP contribution >= 0.6 is 0 Å². The zero-order valence-corrected chi connectivity index (χ0v) is 16.0. The summed E-state index contributed by atoms with van der Waals surface area (Å²) in [5, 5.41) is 5.42. The number of hydrogen-bond acceptors (Lipinski definition) is 0. The van der Waals surface area contributed by atoms with Crippen LogP contribution in [0.5, 0.6) is 0 Å². The van der Waals surface area contributed by atoms with Crippen LogP contribution in [-0.2, 0) is 5.41 Å². The normalized spacial score (nSPS) is 15.1. The van der Waals surface area contributed by atoms with Gasteiger partial charge in [0.2, 0.25) is 0 Å². The van der Waals surface area contributed by atoms with Gasteiger partial charge in [-0.05, 0) is 46.5 Å². The van der Waals surface area contributed by atoms with E-state index in [-0.39, 0.29) is 5.41 Å². The van der Waals surface area contributed by atoms with E-state index in [1.807, 2.05) is 0 Å². The summed E-state index contributed by atoms with van der Waals surface area (Å²) in [4.78, 5) is 0. The minimum atomic E-state index is 0.0359. The van der Waals surface area contributed by atoms with Gasteiger partial charge in [-0.3, -0.25) is 0 Å². The predicted molar refractivity (Wildman–Crippen MR) is 119 cm³/mol. The van der Waals surface area contributed by atoms with Gasteiger partial charge in [-0.15, -0.1) is 0 Å². The summed E-state index contributed by atoms with van der Waals surface area (Å²) in [7, 11) is 0. The molecule has 0 atom stereocenters. The van der Waals surface area contributed by atoms with Gasteiger partial charge in [-0.25, -0.2) is 0 Å². The molecule has 6 aromatic rings. The molecule has 28 heavy (non-hydrogen) atoms. The molecule has 1 aliphatic carbocycles. The predicted octanol–water partition coefficient (Wildman–Crippen LogP) is 7.14. The van der Waals surface area contributed by atoms with Gasteiger partial charge >= 0.3 is 0 Å². The first-order valence-electron chi connectivity index (χ1n) is 9.97. The first kappa shape index (κ1) is 14.7. The Labute approximate surface area is 163 Å². The second kappa shape index (κ2) is 4.56. The lowest BCUT2D eigenvalue weighted by Crippen LogP contribution is -2.14. The van der Waals surface area contributed by atoms with Crippen molar-refractivity contribution in [2.75, 3.05) is 0 Å². The molecule has 3 aromatic carbocycles. The fourth-order valence-corrected chi connectivity index (χ4v) is 5.63. The van der Waals surface area contributed by atoms with Crippen LogP contribution < -0.4 is 0 Å². The van der Waals surface area contributed by atoms with Crippen molar-refractivity contribution in [3.8, 4) is 11.1 Å². The maximum absolute atomic E-state index is 2.46. The second-order valence-corrected chi connectivity index (χ2v) is 8.64. The van der Waals surface area contributed by atoms with Gasteiger partial charge in [0, 0.05) is 27.0 Å². The number of fused-ring (bicyclic) bond motifs is 9. The molecule has 0 radical (unpaired) electrons. The fraction of sp³-hybridized carbons (Fsp3) is 0.111. The Morgan fingerprint density at radius 2 is 1.29 bits per heavy atom. The van der Waals surface area contributed by atoms with Gasteiger partial charge in [0.05, 0.1) is 16.6 Å². The Balaban J connectivity index is 1.76. The van der Waals surface area contributed by atoms with Gasteiger partial charge in [0.1, 0.15) is 0 Å². The van der Waals surface area contributed by atoms with Crippen molar-refractivity contribution in [1.82, 2.24) is 4.40 Å². The summed E-state index contributed by atoms with van der Waals surface area (Å²) in [5.41, 5.74) is 9.67. The number of hydrogen-bond donors (Lipinski definition) is 0. The molecule has 0 amide bonds. The van der Waals surface area contributed by atoms with E-state index in [1.54, 1.807) is 0 Å². The van der Waals surface area contributed by atoms with Crippen molar-refractivity contribution in [2.24, 2.45) is 0 Å². The number of rotatable bonds is 0. The molecule has 0 spiro atoms. The Kier molecular flexibility index (Phi) is 2.39. The van der Waals surface area contributed by atoms with Crippen molar-refractivity contribution >= 4 is 38.1 Å². The molecule has 0 saturated carbocycles. The second-order valence-electron chi connectivity index (χ2n) is 8.64. The lowest BCUT2D eigenvalue weighted by atomic mass is 9.82.